The van der Waals surface area contributed by atoms with E-state index < -0.39 is 5.60 Å². The maximum Gasteiger partial charge on any atom is 0.221 e. The second-order valence-corrected chi connectivity index (χ2v) is 6.74. The van der Waals surface area contributed by atoms with Crippen LogP contribution in [0.2, 0.25) is 0 Å². The van der Waals surface area contributed by atoms with Gasteiger partial charge in [0.2, 0.25) is 4.38 Å². The van der Waals surface area contributed by atoms with E-state index in [2.05, 4.69) is 36.4 Å². The minimum absolute atomic E-state index is 0.520. The fourth-order valence-corrected chi connectivity index (χ4v) is 3.20. The van der Waals surface area contributed by atoms with E-state index in [-0.39, 0.29) is 0 Å². The Kier molecular flexibility index (Phi) is 5.34. The zero-order valence-corrected chi connectivity index (χ0v) is 15.0. The maximum absolute atomic E-state index is 6.44. The molecule has 3 heteroatoms. The first-order valence-corrected chi connectivity index (χ1v) is 9.34. The summed E-state index contributed by atoms with van der Waals surface area (Å²) in [6.07, 6.45) is 1.94. The van der Waals surface area contributed by atoms with Gasteiger partial charge in [-0.15, -0.1) is 0 Å². The summed E-state index contributed by atoms with van der Waals surface area (Å²) in [5.74, 6) is 0. The van der Waals surface area contributed by atoms with Gasteiger partial charge in [-0.3, -0.25) is 0 Å². The van der Waals surface area contributed by atoms with Gasteiger partial charge in [-0.25, -0.2) is 0 Å². The van der Waals surface area contributed by atoms with Gasteiger partial charge in [0.15, 0.2) is 5.60 Å². The van der Waals surface area contributed by atoms with E-state index in [1.165, 1.54) is 11.8 Å². The molecule has 0 atom stereocenters. The van der Waals surface area contributed by atoms with E-state index in [0.717, 1.165) is 16.7 Å². The SMILES string of the molecule is CSC(=S)OC(c1ccccc1)(c1ccccc1)c1ccccc1. The molecule has 0 aliphatic carbocycles. The van der Waals surface area contributed by atoms with Crippen molar-refractivity contribution in [1.82, 2.24) is 0 Å². The summed E-state index contributed by atoms with van der Waals surface area (Å²) in [6, 6.07) is 30.7. The normalized spacial score (nSPS) is 11.0. The van der Waals surface area contributed by atoms with Crippen molar-refractivity contribution in [2.24, 2.45) is 0 Å². The molecule has 0 unspecified atom stereocenters. The molecule has 0 spiro atoms. The standard InChI is InChI=1S/C21H18OS2/c1-24-20(23)22-21(17-11-5-2-6-12-17,18-13-7-3-8-14-18)19-15-9-4-10-16-19/h2-16H,1H3. The second-order valence-electron chi connectivity index (χ2n) is 5.34. The van der Waals surface area contributed by atoms with Gasteiger partial charge in [-0.2, -0.15) is 0 Å². The topological polar surface area (TPSA) is 9.23 Å². The zero-order valence-electron chi connectivity index (χ0n) is 13.4. The largest absolute Gasteiger partial charge is 0.457 e. The number of rotatable bonds is 4. The summed E-state index contributed by atoms with van der Waals surface area (Å²) in [4.78, 5) is 0. The van der Waals surface area contributed by atoms with Gasteiger partial charge in [0.1, 0.15) is 0 Å². The minimum atomic E-state index is -0.760. The van der Waals surface area contributed by atoms with Crippen LogP contribution in [0.1, 0.15) is 16.7 Å². The molecule has 0 bridgehead atoms. The third kappa shape index (κ3) is 3.23. The maximum atomic E-state index is 6.44. The van der Waals surface area contributed by atoms with E-state index in [1.54, 1.807) is 0 Å². The van der Waals surface area contributed by atoms with Gasteiger partial charge in [0.05, 0.1) is 0 Å². The molecule has 0 aliphatic rings. The summed E-state index contributed by atoms with van der Waals surface area (Å²) in [5, 5.41) is 0. The lowest BCUT2D eigenvalue weighted by Gasteiger charge is -2.36. The first-order valence-electron chi connectivity index (χ1n) is 7.71. The Morgan fingerprint density at radius 2 is 1.04 bits per heavy atom. The third-order valence-corrected chi connectivity index (χ3v) is 4.94. The van der Waals surface area contributed by atoms with Crippen molar-refractivity contribution in [3.8, 4) is 0 Å². The number of hydrogen-bond donors (Lipinski definition) is 0. The van der Waals surface area contributed by atoms with Crippen LogP contribution in [0.25, 0.3) is 0 Å². The van der Waals surface area contributed by atoms with Crippen molar-refractivity contribution in [2.45, 2.75) is 5.60 Å². The summed E-state index contributed by atoms with van der Waals surface area (Å²) in [5.41, 5.74) is 2.40. The van der Waals surface area contributed by atoms with Gasteiger partial charge in [-0.1, -0.05) is 103 Å². The molecule has 24 heavy (non-hydrogen) atoms. The monoisotopic (exact) mass is 350 g/mol. The lowest BCUT2D eigenvalue weighted by atomic mass is 9.80. The van der Waals surface area contributed by atoms with Crippen LogP contribution in [-0.4, -0.2) is 10.6 Å². The van der Waals surface area contributed by atoms with E-state index in [9.17, 15) is 0 Å². The Labute approximate surface area is 152 Å². The van der Waals surface area contributed by atoms with Crippen LogP contribution in [0.15, 0.2) is 91.0 Å². The number of benzene rings is 3. The van der Waals surface area contributed by atoms with Gasteiger partial charge < -0.3 is 4.74 Å². The zero-order chi connectivity index (χ0) is 16.8. The van der Waals surface area contributed by atoms with Crippen LogP contribution >= 0.6 is 24.0 Å². The molecule has 0 amide bonds. The van der Waals surface area contributed by atoms with Crippen LogP contribution in [-0.2, 0) is 10.3 Å². The molecule has 3 aromatic rings. The highest BCUT2D eigenvalue weighted by Crippen LogP contribution is 2.41. The number of hydrogen-bond acceptors (Lipinski definition) is 3. The van der Waals surface area contributed by atoms with Gasteiger partial charge in [-0.05, 0) is 18.5 Å². The highest BCUT2D eigenvalue weighted by Gasteiger charge is 2.39. The number of thioether (sulfide) groups is 1. The Balaban J connectivity index is 2.30. The molecule has 0 N–H and O–H groups in total. The molecular weight excluding hydrogens is 332 g/mol. The lowest BCUT2D eigenvalue weighted by molar-refractivity contribution is 0.153. The van der Waals surface area contributed by atoms with Crippen molar-refractivity contribution in [3.63, 3.8) is 0 Å². The minimum Gasteiger partial charge on any atom is -0.457 e. The van der Waals surface area contributed by atoms with Crippen molar-refractivity contribution >= 4 is 28.4 Å². The molecule has 0 radical (unpaired) electrons. The van der Waals surface area contributed by atoms with Crippen LogP contribution in [0.3, 0.4) is 0 Å². The van der Waals surface area contributed by atoms with Gasteiger partial charge >= 0.3 is 0 Å². The van der Waals surface area contributed by atoms with E-state index >= 15 is 0 Å². The van der Waals surface area contributed by atoms with Crippen LogP contribution < -0.4 is 0 Å². The highest BCUT2D eigenvalue weighted by atomic mass is 32.2. The highest BCUT2D eigenvalue weighted by molar-refractivity contribution is 8.22. The second kappa shape index (κ2) is 7.65. The van der Waals surface area contributed by atoms with Gasteiger partial charge in [0, 0.05) is 16.7 Å². The molecule has 1 nitrogen and oxygen atoms in total. The van der Waals surface area contributed by atoms with Crippen molar-refractivity contribution in [2.75, 3.05) is 6.26 Å². The van der Waals surface area contributed by atoms with E-state index in [4.69, 9.17) is 17.0 Å². The molecule has 3 rings (SSSR count). The molecule has 3 aromatic carbocycles. The molecular formula is C21H18OS2. The summed E-state index contributed by atoms with van der Waals surface area (Å²) < 4.78 is 6.96. The molecule has 0 saturated carbocycles. The van der Waals surface area contributed by atoms with Crippen molar-refractivity contribution < 1.29 is 4.74 Å². The first-order chi connectivity index (χ1) is 11.8. The molecule has 120 valence electrons. The summed E-state index contributed by atoms with van der Waals surface area (Å²) in [7, 11) is 0. The van der Waals surface area contributed by atoms with Crippen LogP contribution in [0, 0.1) is 0 Å². The third-order valence-electron chi connectivity index (χ3n) is 3.94. The van der Waals surface area contributed by atoms with E-state index in [0.29, 0.717) is 4.38 Å². The fourth-order valence-electron chi connectivity index (χ4n) is 2.86. The average molecular weight is 351 g/mol. The Bertz CT molecular complexity index is 689. The smallest absolute Gasteiger partial charge is 0.221 e. The molecule has 0 heterocycles. The quantitative estimate of drug-likeness (QED) is 0.445. The van der Waals surface area contributed by atoms with Gasteiger partial charge in [0.25, 0.3) is 0 Å². The lowest BCUT2D eigenvalue weighted by Crippen LogP contribution is -2.34. The number of ether oxygens (including phenoxy) is 1. The van der Waals surface area contributed by atoms with Crippen molar-refractivity contribution in [1.29, 1.82) is 0 Å². The summed E-state index contributed by atoms with van der Waals surface area (Å²) >= 11 is 6.89. The summed E-state index contributed by atoms with van der Waals surface area (Å²) in [6.45, 7) is 0. The predicted octanol–water partition coefficient (Wildman–Crippen LogP) is 5.64. The Hall–Kier alpha value is -2.10. The molecule has 0 aliphatic heterocycles. The van der Waals surface area contributed by atoms with E-state index in [1.807, 2.05) is 60.9 Å². The molecule has 0 fully saturated rings. The number of thiocarbonyl (C=S) groups is 1. The predicted molar refractivity (Wildman–Crippen MR) is 106 cm³/mol. The molecule has 0 saturated heterocycles. The molecule has 0 aromatic heterocycles. The fraction of sp³-hybridized carbons (Fsp3) is 0.0952. The van der Waals surface area contributed by atoms with Crippen LogP contribution in [0.4, 0.5) is 0 Å². The average Bonchev–Trinajstić information content (AvgIpc) is 2.68. The van der Waals surface area contributed by atoms with Crippen molar-refractivity contribution in [3.05, 3.63) is 108 Å². The Morgan fingerprint density at radius 1 is 0.708 bits per heavy atom. The first kappa shape index (κ1) is 16.7. The Morgan fingerprint density at radius 3 is 1.33 bits per heavy atom. The van der Waals surface area contributed by atoms with Crippen LogP contribution in [0.5, 0.6) is 0 Å².